The number of ketones is 1. The van der Waals surface area contributed by atoms with Crippen LogP contribution in [0.3, 0.4) is 0 Å². The molecule has 1 unspecified atom stereocenters. The number of nitrogens with one attached hydrogen (secondary N) is 1. The van der Waals surface area contributed by atoms with Gasteiger partial charge in [0.15, 0.2) is 5.78 Å². The SMILES string of the molecule is CC(=O)C(NC=O)C1CCC1. The van der Waals surface area contributed by atoms with Gasteiger partial charge in [0, 0.05) is 0 Å². The summed E-state index contributed by atoms with van der Waals surface area (Å²) in [5, 5.41) is 2.55. The second kappa shape index (κ2) is 3.51. The molecule has 3 nitrogen and oxygen atoms in total. The van der Waals surface area contributed by atoms with E-state index in [1.807, 2.05) is 0 Å². The Labute approximate surface area is 66.2 Å². The molecule has 1 aliphatic carbocycles. The van der Waals surface area contributed by atoms with Gasteiger partial charge in [0.05, 0.1) is 6.04 Å². The first-order valence-electron chi connectivity index (χ1n) is 3.96. The lowest BCUT2D eigenvalue weighted by molar-refractivity contribution is -0.124. The number of Topliss-reactive ketones (excluding diaryl/α,β-unsaturated/α-hetero) is 1. The molecule has 1 atom stereocenters. The van der Waals surface area contributed by atoms with E-state index >= 15 is 0 Å². The second-order valence-corrected chi connectivity index (χ2v) is 3.06. The van der Waals surface area contributed by atoms with Gasteiger partial charge in [-0.25, -0.2) is 0 Å². The Kier molecular flexibility index (Phi) is 2.63. The van der Waals surface area contributed by atoms with Crippen LogP contribution in [0.15, 0.2) is 0 Å². The molecule has 0 aromatic rings. The molecular formula is C8H13NO2. The van der Waals surface area contributed by atoms with Gasteiger partial charge in [0.2, 0.25) is 6.41 Å². The molecule has 0 aromatic heterocycles. The molecule has 3 heteroatoms. The van der Waals surface area contributed by atoms with E-state index < -0.39 is 0 Å². The van der Waals surface area contributed by atoms with E-state index in [4.69, 9.17) is 0 Å². The minimum absolute atomic E-state index is 0.0711. The van der Waals surface area contributed by atoms with Gasteiger partial charge in [-0.2, -0.15) is 0 Å². The maximum Gasteiger partial charge on any atom is 0.207 e. The minimum atomic E-state index is -0.221. The Balaban J connectivity index is 2.43. The maximum absolute atomic E-state index is 10.9. The molecule has 0 aliphatic heterocycles. The minimum Gasteiger partial charge on any atom is -0.349 e. The molecular weight excluding hydrogens is 142 g/mol. The van der Waals surface area contributed by atoms with E-state index in [0.29, 0.717) is 12.3 Å². The summed E-state index contributed by atoms with van der Waals surface area (Å²) in [4.78, 5) is 21.0. The molecule has 1 fully saturated rings. The number of carbonyl (C=O) groups is 2. The summed E-state index contributed by atoms with van der Waals surface area (Å²) in [6, 6.07) is -0.221. The fraction of sp³-hybridized carbons (Fsp3) is 0.750. The zero-order valence-electron chi connectivity index (χ0n) is 6.67. The lowest BCUT2D eigenvalue weighted by Crippen LogP contribution is -2.43. The number of hydrogen-bond donors (Lipinski definition) is 1. The van der Waals surface area contributed by atoms with Gasteiger partial charge in [-0.3, -0.25) is 9.59 Å². The molecule has 0 bridgehead atoms. The van der Waals surface area contributed by atoms with Gasteiger partial charge < -0.3 is 5.32 Å². The van der Waals surface area contributed by atoms with E-state index in [1.165, 1.54) is 13.3 Å². The molecule has 1 saturated carbocycles. The van der Waals surface area contributed by atoms with Crippen molar-refractivity contribution in [1.29, 1.82) is 0 Å². The van der Waals surface area contributed by atoms with Crippen LogP contribution in [0.1, 0.15) is 26.2 Å². The molecule has 1 aliphatic rings. The fourth-order valence-electron chi connectivity index (χ4n) is 1.43. The quantitative estimate of drug-likeness (QED) is 0.600. The summed E-state index contributed by atoms with van der Waals surface area (Å²) >= 11 is 0. The summed E-state index contributed by atoms with van der Waals surface area (Å²) in [7, 11) is 0. The van der Waals surface area contributed by atoms with Crippen LogP contribution in [0.25, 0.3) is 0 Å². The second-order valence-electron chi connectivity index (χ2n) is 3.06. The molecule has 1 rings (SSSR count). The lowest BCUT2D eigenvalue weighted by Gasteiger charge is -2.31. The van der Waals surface area contributed by atoms with E-state index in [1.54, 1.807) is 0 Å². The standard InChI is InChI=1S/C8H13NO2/c1-6(11)8(9-5-10)7-3-2-4-7/h5,7-8H,2-4H2,1H3,(H,9,10). The smallest absolute Gasteiger partial charge is 0.207 e. The third-order valence-electron chi connectivity index (χ3n) is 2.31. The highest BCUT2D eigenvalue weighted by atomic mass is 16.1. The van der Waals surface area contributed by atoms with Gasteiger partial charge in [0.1, 0.15) is 0 Å². The van der Waals surface area contributed by atoms with Gasteiger partial charge in [-0.05, 0) is 25.7 Å². The van der Waals surface area contributed by atoms with Gasteiger partial charge in [0.25, 0.3) is 0 Å². The normalized spacial score (nSPS) is 20.1. The average molecular weight is 155 g/mol. The van der Waals surface area contributed by atoms with Crippen LogP contribution < -0.4 is 5.32 Å². The Hall–Kier alpha value is -0.860. The van der Waals surface area contributed by atoms with Crippen molar-refractivity contribution in [2.24, 2.45) is 5.92 Å². The number of hydrogen-bond acceptors (Lipinski definition) is 2. The van der Waals surface area contributed by atoms with Gasteiger partial charge >= 0.3 is 0 Å². The van der Waals surface area contributed by atoms with Crippen molar-refractivity contribution in [3.05, 3.63) is 0 Å². The van der Waals surface area contributed by atoms with Crippen LogP contribution in [-0.4, -0.2) is 18.2 Å². The first-order valence-corrected chi connectivity index (χ1v) is 3.96. The lowest BCUT2D eigenvalue weighted by atomic mass is 9.78. The summed E-state index contributed by atoms with van der Waals surface area (Å²) in [5.41, 5.74) is 0. The largest absolute Gasteiger partial charge is 0.349 e. The Bertz CT molecular complexity index is 163. The molecule has 0 saturated heterocycles. The van der Waals surface area contributed by atoms with Crippen LogP contribution in [0.2, 0.25) is 0 Å². The highest BCUT2D eigenvalue weighted by Crippen LogP contribution is 2.29. The van der Waals surface area contributed by atoms with Crippen molar-refractivity contribution >= 4 is 12.2 Å². The zero-order chi connectivity index (χ0) is 8.27. The number of carbonyl (C=O) groups excluding carboxylic acids is 2. The molecule has 11 heavy (non-hydrogen) atoms. The molecule has 1 amide bonds. The van der Waals surface area contributed by atoms with Gasteiger partial charge in [-0.1, -0.05) is 6.42 Å². The average Bonchev–Trinajstić information content (AvgIpc) is 1.82. The van der Waals surface area contributed by atoms with E-state index in [-0.39, 0.29) is 11.8 Å². The van der Waals surface area contributed by atoms with Crippen LogP contribution in [0, 0.1) is 5.92 Å². The van der Waals surface area contributed by atoms with Crippen molar-refractivity contribution in [2.45, 2.75) is 32.2 Å². The number of amides is 1. The highest BCUT2D eigenvalue weighted by molar-refractivity contribution is 5.83. The first-order chi connectivity index (χ1) is 5.25. The monoisotopic (exact) mass is 155 g/mol. The van der Waals surface area contributed by atoms with Crippen LogP contribution in [0.4, 0.5) is 0 Å². The Morgan fingerprint density at radius 2 is 2.27 bits per heavy atom. The maximum atomic E-state index is 10.9. The first kappa shape index (κ1) is 8.24. The molecule has 0 aromatic carbocycles. The van der Waals surface area contributed by atoms with Crippen molar-refractivity contribution in [3.8, 4) is 0 Å². The summed E-state index contributed by atoms with van der Waals surface area (Å²) in [6.45, 7) is 1.53. The summed E-state index contributed by atoms with van der Waals surface area (Å²) in [5.74, 6) is 0.472. The van der Waals surface area contributed by atoms with Crippen molar-refractivity contribution in [2.75, 3.05) is 0 Å². The zero-order valence-corrected chi connectivity index (χ0v) is 6.67. The molecule has 0 heterocycles. The predicted octanol–water partition coefficient (Wildman–Crippen LogP) is 0.490. The van der Waals surface area contributed by atoms with E-state index in [9.17, 15) is 9.59 Å². The number of rotatable bonds is 4. The molecule has 0 radical (unpaired) electrons. The molecule has 62 valence electrons. The van der Waals surface area contributed by atoms with Crippen LogP contribution >= 0.6 is 0 Å². The van der Waals surface area contributed by atoms with Crippen molar-refractivity contribution in [1.82, 2.24) is 5.32 Å². The van der Waals surface area contributed by atoms with Crippen molar-refractivity contribution < 1.29 is 9.59 Å². The molecule has 1 N–H and O–H groups in total. The van der Waals surface area contributed by atoms with Crippen LogP contribution in [0.5, 0.6) is 0 Å². The van der Waals surface area contributed by atoms with Gasteiger partial charge in [-0.15, -0.1) is 0 Å². The summed E-state index contributed by atoms with van der Waals surface area (Å²) < 4.78 is 0. The van der Waals surface area contributed by atoms with Crippen LogP contribution in [-0.2, 0) is 9.59 Å². The van der Waals surface area contributed by atoms with E-state index in [0.717, 1.165) is 12.8 Å². The topological polar surface area (TPSA) is 46.2 Å². The van der Waals surface area contributed by atoms with Crippen molar-refractivity contribution in [3.63, 3.8) is 0 Å². The Morgan fingerprint density at radius 1 is 1.64 bits per heavy atom. The summed E-state index contributed by atoms with van der Waals surface area (Å²) in [6.07, 6.45) is 3.95. The Morgan fingerprint density at radius 3 is 2.55 bits per heavy atom. The predicted molar refractivity (Wildman–Crippen MR) is 41.0 cm³/mol. The fourth-order valence-corrected chi connectivity index (χ4v) is 1.43. The molecule has 0 spiro atoms. The highest BCUT2D eigenvalue weighted by Gasteiger charge is 2.29. The third kappa shape index (κ3) is 1.79. The third-order valence-corrected chi connectivity index (χ3v) is 2.31. The van der Waals surface area contributed by atoms with E-state index in [2.05, 4.69) is 5.32 Å².